The van der Waals surface area contributed by atoms with Crippen molar-refractivity contribution < 1.29 is 5.11 Å². The molecule has 0 saturated carbocycles. The lowest BCUT2D eigenvalue weighted by Crippen LogP contribution is -2.21. The van der Waals surface area contributed by atoms with Gasteiger partial charge >= 0.3 is 0 Å². The molecular formula is C11H16ClN5OS. The molecule has 1 unspecified atom stereocenters. The average molecular weight is 302 g/mol. The molecule has 19 heavy (non-hydrogen) atoms. The smallest absolute Gasteiger partial charge is 0.135 e. The normalized spacial score (nSPS) is 13.2. The average Bonchev–Trinajstić information content (AvgIpc) is 2.92. The molecule has 0 bridgehead atoms. The van der Waals surface area contributed by atoms with Crippen LogP contribution in [0.4, 0.5) is 0 Å². The zero-order valence-corrected chi connectivity index (χ0v) is 12.6. The summed E-state index contributed by atoms with van der Waals surface area (Å²) in [6.45, 7) is 3.30. The number of hydrogen-bond donors (Lipinski definition) is 1. The van der Waals surface area contributed by atoms with Crippen LogP contribution in [0, 0.1) is 6.92 Å². The van der Waals surface area contributed by atoms with Gasteiger partial charge in [-0.1, -0.05) is 16.1 Å². The monoisotopic (exact) mass is 301 g/mol. The van der Waals surface area contributed by atoms with Gasteiger partial charge < -0.3 is 10.0 Å². The van der Waals surface area contributed by atoms with E-state index >= 15 is 0 Å². The first-order valence-corrected chi connectivity index (χ1v) is 6.98. The van der Waals surface area contributed by atoms with Crippen molar-refractivity contribution in [1.29, 1.82) is 0 Å². The lowest BCUT2D eigenvalue weighted by Gasteiger charge is -2.15. The van der Waals surface area contributed by atoms with Crippen molar-refractivity contribution in [3.8, 4) is 0 Å². The first-order valence-electron chi connectivity index (χ1n) is 5.83. The third-order valence-corrected chi connectivity index (χ3v) is 3.96. The standard InChI is InChI=1S/C11H16ClN5OS/c1-7-11(19-15-14-7)10(18)9-8(12)6-13-17(9)5-4-16(2)3/h6,10,18H,4-5H2,1-3H3. The van der Waals surface area contributed by atoms with Gasteiger partial charge in [0, 0.05) is 6.54 Å². The van der Waals surface area contributed by atoms with E-state index in [1.165, 1.54) is 11.5 Å². The number of rotatable bonds is 5. The third-order valence-electron chi connectivity index (χ3n) is 2.79. The number of nitrogens with zero attached hydrogens (tertiary/aromatic N) is 5. The first-order chi connectivity index (χ1) is 9.00. The van der Waals surface area contributed by atoms with E-state index < -0.39 is 6.10 Å². The molecule has 2 aromatic rings. The lowest BCUT2D eigenvalue weighted by atomic mass is 10.2. The molecule has 104 valence electrons. The second kappa shape index (κ2) is 5.96. The summed E-state index contributed by atoms with van der Waals surface area (Å²) in [4.78, 5) is 2.75. The summed E-state index contributed by atoms with van der Waals surface area (Å²) in [5.74, 6) is 0. The fourth-order valence-corrected chi connectivity index (χ4v) is 2.61. The molecule has 0 aliphatic rings. The van der Waals surface area contributed by atoms with Crippen molar-refractivity contribution >= 4 is 23.1 Å². The molecule has 8 heteroatoms. The van der Waals surface area contributed by atoms with E-state index in [4.69, 9.17) is 11.6 Å². The largest absolute Gasteiger partial charge is 0.381 e. The van der Waals surface area contributed by atoms with Crippen LogP contribution in [-0.2, 0) is 6.54 Å². The summed E-state index contributed by atoms with van der Waals surface area (Å²) in [5.41, 5.74) is 1.31. The maximum absolute atomic E-state index is 10.4. The Bertz CT molecular complexity index is 553. The van der Waals surface area contributed by atoms with Crippen molar-refractivity contribution in [2.24, 2.45) is 0 Å². The van der Waals surface area contributed by atoms with Crippen LogP contribution in [0.25, 0.3) is 0 Å². The molecule has 6 nitrogen and oxygen atoms in total. The SMILES string of the molecule is Cc1nnsc1C(O)c1c(Cl)cnn1CCN(C)C. The van der Waals surface area contributed by atoms with Crippen molar-refractivity contribution in [3.05, 3.63) is 27.5 Å². The van der Waals surface area contributed by atoms with Crippen LogP contribution in [0.2, 0.25) is 5.02 Å². The molecule has 2 rings (SSSR count). The lowest BCUT2D eigenvalue weighted by molar-refractivity contribution is 0.208. The Morgan fingerprint density at radius 2 is 2.26 bits per heavy atom. The zero-order chi connectivity index (χ0) is 14.0. The van der Waals surface area contributed by atoms with Crippen molar-refractivity contribution in [3.63, 3.8) is 0 Å². The van der Waals surface area contributed by atoms with Crippen LogP contribution < -0.4 is 0 Å². The Labute approximate surface area is 120 Å². The maximum atomic E-state index is 10.4. The number of aliphatic hydroxyl groups excluding tert-OH is 1. The molecule has 0 amide bonds. The molecular weight excluding hydrogens is 286 g/mol. The quantitative estimate of drug-likeness (QED) is 0.903. The predicted molar refractivity (Wildman–Crippen MR) is 74.5 cm³/mol. The van der Waals surface area contributed by atoms with Gasteiger partial charge in [0.05, 0.1) is 34.0 Å². The van der Waals surface area contributed by atoms with E-state index in [0.29, 0.717) is 27.8 Å². The van der Waals surface area contributed by atoms with Gasteiger partial charge in [0.15, 0.2) is 0 Å². The van der Waals surface area contributed by atoms with Gasteiger partial charge in [-0.2, -0.15) is 5.10 Å². The van der Waals surface area contributed by atoms with Crippen LogP contribution in [0.5, 0.6) is 0 Å². The van der Waals surface area contributed by atoms with Gasteiger partial charge in [-0.05, 0) is 32.6 Å². The Morgan fingerprint density at radius 3 is 2.84 bits per heavy atom. The van der Waals surface area contributed by atoms with Crippen LogP contribution in [0.15, 0.2) is 6.20 Å². The first kappa shape index (κ1) is 14.4. The zero-order valence-electron chi connectivity index (χ0n) is 11.0. The van der Waals surface area contributed by atoms with Gasteiger partial charge in [-0.25, -0.2) is 0 Å². The van der Waals surface area contributed by atoms with Gasteiger partial charge in [0.1, 0.15) is 6.10 Å². The number of likely N-dealkylation sites (N-methyl/N-ethyl adjacent to an activating group) is 1. The second-order valence-corrected chi connectivity index (χ2v) is 5.72. The molecule has 0 aliphatic carbocycles. The summed E-state index contributed by atoms with van der Waals surface area (Å²) in [6.07, 6.45) is 0.719. The Balaban J connectivity index is 2.28. The number of halogens is 1. The highest BCUT2D eigenvalue weighted by Gasteiger charge is 2.23. The topological polar surface area (TPSA) is 67.1 Å². The molecule has 0 aliphatic heterocycles. The highest BCUT2D eigenvalue weighted by atomic mass is 35.5. The molecule has 0 spiro atoms. The molecule has 0 radical (unpaired) electrons. The number of aryl methyl sites for hydroxylation is 1. The molecule has 0 saturated heterocycles. The summed E-state index contributed by atoms with van der Waals surface area (Å²) in [6, 6.07) is 0. The van der Waals surface area contributed by atoms with Gasteiger partial charge in [-0.3, -0.25) is 4.68 Å². The summed E-state index contributed by atoms with van der Waals surface area (Å²) < 4.78 is 5.57. The van der Waals surface area contributed by atoms with Crippen molar-refractivity contribution in [1.82, 2.24) is 24.3 Å². The highest BCUT2D eigenvalue weighted by Crippen LogP contribution is 2.31. The minimum Gasteiger partial charge on any atom is -0.381 e. The third kappa shape index (κ3) is 3.11. The Kier molecular flexibility index (Phi) is 4.51. The van der Waals surface area contributed by atoms with E-state index in [2.05, 4.69) is 14.7 Å². The fraction of sp³-hybridized carbons (Fsp3) is 0.545. The van der Waals surface area contributed by atoms with Gasteiger partial charge in [0.2, 0.25) is 0 Å². The molecule has 2 aromatic heterocycles. The van der Waals surface area contributed by atoms with Crippen molar-refractivity contribution in [2.45, 2.75) is 19.6 Å². The van der Waals surface area contributed by atoms with Crippen molar-refractivity contribution in [2.75, 3.05) is 20.6 Å². The minimum absolute atomic E-state index is 0.457. The van der Waals surface area contributed by atoms with E-state index in [-0.39, 0.29) is 0 Å². The number of aromatic nitrogens is 4. The molecule has 2 heterocycles. The van der Waals surface area contributed by atoms with Crippen LogP contribution in [0.1, 0.15) is 22.4 Å². The summed E-state index contributed by atoms with van der Waals surface area (Å²) in [7, 11) is 3.97. The van der Waals surface area contributed by atoms with E-state index in [1.54, 1.807) is 10.9 Å². The molecule has 0 aromatic carbocycles. The molecule has 0 fully saturated rings. The Morgan fingerprint density at radius 1 is 1.53 bits per heavy atom. The fourth-order valence-electron chi connectivity index (χ4n) is 1.73. The summed E-state index contributed by atoms with van der Waals surface area (Å²) >= 11 is 7.31. The predicted octanol–water partition coefficient (Wildman–Crippen LogP) is 1.34. The molecule has 1 atom stereocenters. The van der Waals surface area contributed by atoms with E-state index in [1.807, 2.05) is 25.9 Å². The van der Waals surface area contributed by atoms with Crippen LogP contribution >= 0.6 is 23.1 Å². The number of hydrogen-bond acceptors (Lipinski definition) is 6. The summed E-state index contributed by atoms with van der Waals surface area (Å²) in [5, 5.41) is 19.0. The highest BCUT2D eigenvalue weighted by molar-refractivity contribution is 7.05. The minimum atomic E-state index is -0.836. The van der Waals surface area contributed by atoms with Gasteiger partial charge in [0.25, 0.3) is 0 Å². The van der Waals surface area contributed by atoms with Crippen LogP contribution in [-0.4, -0.2) is 50.0 Å². The maximum Gasteiger partial charge on any atom is 0.135 e. The molecule has 1 N–H and O–H groups in total. The van der Waals surface area contributed by atoms with E-state index in [9.17, 15) is 5.11 Å². The van der Waals surface area contributed by atoms with Crippen LogP contribution in [0.3, 0.4) is 0 Å². The van der Waals surface area contributed by atoms with Gasteiger partial charge in [-0.15, -0.1) is 5.10 Å². The number of aliphatic hydroxyl groups is 1. The Hall–Kier alpha value is -1.02. The second-order valence-electron chi connectivity index (χ2n) is 4.53. The van der Waals surface area contributed by atoms with E-state index in [0.717, 1.165) is 6.54 Å².